The summed E-state index contributed by atoms with van der Waals surface area (Å²) in [6.45, 7) is 13.3. The van der Waals surface area contributed by atoms with Crippen LogP contribution >= 0.6 is 0 Å². The summed E-state index contributed by atoms with van der Waals surface area (Å²) in [6.07, 6.45) is 10.7. The van der Waals surface area contributed by atoms with Gasteiger partial charge in [0.1, 0.15) is 11.2 Å². The van der Waals surface area contributed by atoms with E-state index in [1.165, 1.54) is 44.9 Å². The Hall–Kier alpha value is -1.26. The quantitative estimate of drug-likeness (QED) is 0.357. The number of carbonyl (C=O) groups excluding carboxylic acids is 2. The molecule has 0 aliphatic carbocycles. The van der Waals surface area contributed by atoms with Gasteiger partial charge in [0, 0.05) is 6.54 Å². The minimum absolute atomic E-state index is 0.334. The van der Waals surface area contributed by atoms with E-state index in [9.17, 15) is 9.59 Å². The highest BCUT2D eigenvalue weighted by Crippen LogP contribution is 2.16. The third kappa shape index (κ3) is 15.5. The van der Waals surface area contributed by atoms with Crippen LogP contribution in [0.25, 0.3) is 0 Å². The summed E-state index contributed by atoms with van der Waals surface area (Å²) in [5.41, 5.74) is -1.29. The van der Waals surface area contributed by atoms with E-state index in [4.69, 9.17) is 9.47 Å². The van der Waals surface area contributed by atoms with Crippen molar-refractivity contribution in [1.29, 1.82) is 0 Å². The average Bonchev–Trinajstić information content (AvgIpc) is 2.49. The zero-order valence-electron chi connectivity index (χ0n) is 18.9. The second-order valence-corrected chi connectivity index (χ2v) is 9.29. The average molecular weight is 386 g/mol. The molecule has 0 fully saturated rings. The lowest BCUT2D eigenvalue weighted by molar-refractivity contribution is 0.00118. The molecule has 0 bridgehead atoms. The first-order valence-corrected chi connectivity index (χ1v) is 10.7. The van der Waals surface area contributed by atoms with Crippen LogP contribution in [-0.4, -0.2) is 34.8 Å². The number of carbonyl (C=O) groups is 2. The van der Waals surface area contributed by atoms with Crippen LogP contribution in [-0.2, 0) is 9.47 Å². The Labute approximate surface area is 167 Å². The van der Waals surface area contributed by atoms with Crippen LogP contribution in [0.4, 0.5) is 9.59 Å². The van der Waals surface area contributed by atoms with Gasteiger partial charge in [-0.2, -0.15) is 0 Å². The molecule has 160 valence electrons. The van der Waals surface area contributed by atoms with Crippen LogP contribution in [0.2, 0.25) is 0 Å². The van der Waals surface area contributed by atoms with E-state index >= 15 is 0 Å². The standard InChI is InChI=1S/C22H43NO4/c1-8-9-10-11-12-13-14-15-16-17-18-23(19(24)26-21(2,3)4)20(25)27-22(5,6)7/h8-18H2,1-7H3. The number of rotatable bonds is 11. The molecule has 0 N–H and O–H groups in total. The predicted molar refractivity (Wildman–Crippen MR) is 111 cm³/mol. The highest BCUT2D eigenvalue weighted by atomic mass is 16.6. The Balaban J connectivity index is 4.29. The lowest BCUT2D eigenvalue weighted by Gasteiger charge is -2.28. The molecule has 0 atom stereocenters. The first-order chi connectivity index (χ1) is 12.5. The van der Waals surface area contributed by atoms with E-state index in [0.29, 0.717) is 6.54 Å². The molecule has 0 aromatic rings. The van der Waals surface area contributed by atoms with E-state index in [1.54, 1.807) is 41.5 Å². The molecule has 27 heavy (non-hydrogen) atoms. The second kappa shape index (κ2) is 13.0. The van der Waals surface area contributed by atoms with Crippen LogP contribution in [0.1, 0.15) is 113 Å². The van der Waals surface area contributed by atoms with Gasteiger partial charge in [-0.25, -0.2) is 14.5 Å². The van der Waals surface area contributed by atoms with E-state index in [1.807, 2.05) is 0 Å². The maximum atomic E-state index is 12.4. The van der Waals surface area contributed by atoms with Crippen molar-refractivity contribution < 1.29 is 19.1 Å². The zero-order valence-corrected chi connectivity index (χ0v) is 18.9. The first kappa shape index (κ1) is 25.7. The Morgan fingerprint density at radius 1 is 0.630 bits per heavy atom. The second-order valence-electron chi connectivity index (χ2n) is 9.29. The third-order valence-corrected chi connectivity index (χ3v) is 3.96. The maximum Gasteiger partial charge on any atom is 0.419 e. The molecular formula is C22H43NO4. The van der Waals surface area contributed by atoms with Crippen molar-refractivity contribution >= 4 is 12.2 Å². The fourth-order valence-electron chi connectivity index (χ4n) is 2.65. The van der Waals surface area contributed by atoms with Crippen LogP contribution in [0.3, 0.4) is 0 Å². The number of hydrogen-bond donors (Lipinski definition) is 0. The van der Waals surface area contributed by atoms with Crippen LogP contribution in [0.15, 0.2) is 0 Å². The van der Waals surface area contributed by atoms with Gasteiger partial charge in [-0.3, -0.25) is 0 Å². The fraction of sp³-hybridized carbons (Fsp3) is 0.909. The molecule has 2 amide bonds. The molecule has 0 spiro atoms. The Morgan fingerprint density at radius 3 is 1.30 bits per heavy atom. The third-order valence-electron chi connectivity index (χ3n) is 3.96. The Bertz CT molecular complexity index is 393. The molecule has 0 aromatic heterocycles. The van der Waals surface area contributed by atoms with Gasteiger partial charge in [-0.05, 0) is 48.0 Å². The van der Waals surface area contributed by atoms with Crippen molar-refractivity contribution in [2.24, 2.45) is 0 Å². The molecule has 0 saturated heterocycles. The monoisotopic (exact) mass is 385 g/mol. The summed E-state index contributed by atoms with van der Waals surface area (Å²) in [5.74, 6) is 0. The van der Waals surface area contributed by atoms with E-state index in [2.05, 4.69) is 6.92 Å². The summed E-state index contributed by atoms with van der Waals surface area (Å²) < 4.78 is 10.7. The maximum absolute atomic E-state index is 12.4. The number of unbranched alkanes of at least 4 members (excludes halogenated alkanes) is 9. The van der Waals surface area contributed by atoms with E-state index in [-0.39, 0.29) is 0 Å². The van der Waals surface area contributed by atoms with Crippen molar-refractivity contribution in [2.45, 2.75) is 124 Å². The topological polar surface area (TPSA) is 55.8 Å². The van der Waals surface area contributed by atoms with Gasteiger partial charge in [0.2, 0.25) is 0 Å². The Kier molecular flexibility index (Phi) is 12.4. The molecule has 0 heterocycles. The van der Waals surface area contributed by atoms with Crippen molar-refractivity contribution in [2.75, 3.05) is 6.54 Å². The van der Waals surface area contributed by atoms with Crippen molar-refractivity contribution in [3.8, 4) is 0 Å². The predicted octanol–water partition coefficient (Wildman–Crippen LogP) is 7.08. The number of hydrogen-bond acceptors (Lipinski definition) is 4. The molecule has 0 aliphatic heterocycles. The molecule has 0 aromatic carbocycles. The Morgan fingerprint density at radius 2 is 0.963 bits per heavy atom. The van der Waals surface area contributed by atoms with Gasteiger partial charge >= 0.3 is 12.2 Å². The molecule has 0 saturated carbocycles. The highest BCUT2D eigenvalue weighted by molar-refractivity contribution is 5.88. The van der Waals surface area contributed by atoms with E-state index < -0.39 is 23.4 Å². The van der Waals surface area contributed by atoms with Crippen molar-refractivity contribution in [3.05, 3.63) is 0 Å². The summed E-state index contributed by atoms with van der Waals surface area (Å²) in [5, 5.41) is 0. The van der Waals surface area contributed by atoms with Crippen LogP contribution < -0.4 is 0 Å². The summed E-state index contributed by atoms with van der Waals surface area (Å²) in [6, 6.07) is 0. The van der Waals surface area contributed by atoms with Gasteiger partial charge in [0.05, 0.1) is 0 Å². The summed E-state index contributed by atoms with van der Waals surface area (Å²) >= 11 is 0. The molecule has 0 unspecified atom stereocenters. The largest absolute Gasteiger partial charge is 0.443 e. The lowest BCUT2D eigenvalue weighted by Crippen LogP contribution is -2.44. The van der Waals surface area contributed by atoms with Gasteiger partial charge < -0.3 is 9.47 Å². The molecule has 0 radical (unpaired) electrons. The SMILES string of the molecule is CCCCCCCCCCCCN(C(=O)OC(C)(C)C)C(=O)OC(C)(C)C. The smallest absolute Gasteiger partial charge is 0.419 e. The van der Waals surface area contributed by atoms with Crippen LogP contribution in [0, 0.1) is 0 Å². The number of amides is 2. The summed E-state index contributed by atoms with van der Waals surface area (Å²) in [4.78, 5) is 25.9. The minimum Gasteiger partial charge on any atom is -0.443 e. The first-order valence-electron chi connectivity index (χ1n) is 10.7. The van der Waals surface area contributed by atoms with Crippen molar-refractivity contribution in [1.82, 2.24) is 4.90 Å². The van der Waals surface area contributed by atoms with Crippen molar-refractivity contribution in [3.63, 3.8) is 0 Å². The zero-order chi connectivity index (χ0) is 20.9. The minimum atomic E-state index is -0.644. The summed E-state index contributed by atoms with van der Waals surface area (Å²) in [7, 11) is 0. The lowest BCUT2D eigenvalue weighted by atomic mass is 10.1. The number of nitrogens with zero attached hydrogens (tertiary/aromatic N) is 1. The molecule has 0 aliphatic rings. The number of imide groups is 1. The molecule has 0 rings (SSSR count). The van der Waals surface area contributed by atoms with Gasteiger partial charge in [-0.15, -0.1) is 0 Å². The normalized spacial score (nSPS) is 12.0. The van der Waals surface area contributed by atoms with Gasteiger partial charge in [0.25, 0.3) is 0 Å². The van der Waals surface area contributed by atoms with Gasteiger partial charge in [-0.1, -0.05) is 64.7 Å². The molecule has 5 heteroatoms. The van der Waals surface area contributed by atoms with Gasteiger partial charge in [0.15, 0.2) is 0 Å². The molecular weight excluding hydrogens is 342 g/mol. The van der Waals surface area contributed by atoms with Crippen LogP contribution in [0.5, 0.6) is 0 Å². The molecule has 5 nitrogen and oxygen atoms in total. The number of ether oxygens (including phenoxy) is 2. The van der Waals surface area contributed by atoms with E-state index in [0.717, 1.165) is 24.2 Å². The highest BCUT2D eigenvalue weighted by Gasteiger charge is 2.30. The fourth-order valence-corrected chi connectivity index (χ4v) is 2.65.